The van der Waals surface area contributed by atoms with Gasteiger partial charge >= 0.3 is 0 Å². The van der Waals surface area contributed by atoms with Crippen molar-refractivity contribution in [2.24, 2.45) is 11.8 Å². The molecule has 31 heavy (non-hydrogen) atoms. The number of amides is 2. The summed E-state index contributed by atoms with van der Waals surface area (Å²) in [7, 11) is 0. The van der Waals surface area contributed by atoms with Gasteiger partial charge in [0.1, 0.15) is 12.2 Å². The molecule has 1 aliphatic heterocycles. The van der Waals surface area contributed by atoms with Gasteiger partial charge in [-0.3, -0.25) is 19.4 Å². The Morgan fingerprint density at radius 3 is 2.94 bits per heavy atom. The van der Waals surface area contributed by atoms with Crippen molar-refractivity contribution in [3.05, 3.63) is 57.9 Å². The Morgan fingerprint density at radius 1 is 1.29 bits per heavy atom. The fourth-order valence-electron chi connectivity index (χ4n) is 4.34. The first kappa shape index (κ1) is 19.5. The number of carbonyl (C=O) groups excluding carboxylic acids is 2. The molecule has 0 radical (unpaired) electrons. The molecule has 3 aromatic heterocycles. The maximum atomic E-state index is 13.0. The van der Waals surface area contributed by atoms with Crippen LogP contribution in [-0.2, 0) is 29.1 Å². The Kier molecular flexibility index (Phi) is 4.84. The maximum Gasteiger partial charge on any atom is 0.275 e. The quantitative estimate of drug-likeness (QED) is 0.569. The van der Waals surface area contributed by atoms with Crippen molar-refractivity contribution in [2.45, 2.75) is 45.7 Å². The van der Waals surface area contributed by atoms with Gasteiger partial charge in [-0.05, 0) is 49.4 Å². The summed E-state index contributed by atoms with van der Waals surface area (Å²) in [5, 5.41) is 6.66. The van der Waals surface area contributed by atoms with Gasteiger partial charge in [0.25, 0.3) is 5.56 Å². The molecule has 8 heteroatoms. The minimum atomic E-state index is -0.324. The first-order valence-corrected chi connectivity index (χ1v) is 10.7. The number of anilines is 1. The summed E-state index contributed by atoms with van der Waals surface area (Å²) in [4.78, 5) is 45.4. The average Bonchev–Trinajstić information content (AvgIpc) is 3.44. The number of rotatable bonds is 6. The van der Waals surface area contributed by atoms with Crippen LogP contribution in [0.5, 0.6) is 0 Å². The van der Waals surface area contributed by atoms with Gasteiger partial charge in [0.05, 0.1) is 24.0 Å². The summed E-state index contributed by atoms with van der Waals surface area (Å²) >= 11 is 0. The molecule has 1 fully saturated rings. The average molecular weight is 419 g/mol. The monoisotopic (exact) mass is 419 g/mol. The van der Waals surface area contributed by atoms with Crippen LogP contribution >= 0.6 is 0 Å². The number of nitrogens with one attached hydrogen (secondary N) is 3. The van der Waals surface area contributed by atoms with Crippen LogP contribution in [0.25, 0.3) is 10.9 Å². The van der Waals surface area contributed by atoms with E-state index in [4.69, 9.17) is 0 Å². The van der Waals surface area contributed by atoms with Crippen LogP contribution in [0.3, 0.4) is 0 Å². The Bertz CT molecular complexity index is 1240. The van der Waals surface area contributed by atoms with E-state index >= 15 is 0 Å². The zero-order chi connectivity index (χ0) is 21.5. The van der Waals surface area contributed by atoms with Gasteiger partial charge < -0.3 is 20.2 Å². The summed E-state index contributed by atoms with van der Waals surface area (Å²) in [6, 6.07) is 5.78. The number of H-pyrrole nitrogens is 1. The smallest absolute Gasteiger partial charge is 0.275 e. The molecule has 1 atom stereocenters. The van der Waals surface area contributed by atoms with Gasteiger partial charge in [-0.2, -0.15) is 0 Å². The predicted molar refractivity (Wildman–Crippen MR) is 117 cm³/mol. The van der Waals surface area contributed by atoms with Gasteiger partial charge in [0.15, 0.2) is 0 Å². The Hall–Kier alpha value is -3.42. The molecule has 3 aromatic rings. The third-order valence-corrected chi connectivity index (χ3v) is 6.25. The number of nitrogens with zero attached hydrogens (tertiary/aromatic N) is 2. The Morgan fingerprint density at radius 2 is 2.13 bits per heavy atom. The van der Waals surface area contributed by atoms with Crippen molar-refractivity contribution >= 4 is 28.4 Å². The summed E-state index contributed by atoms with van der Waals surface area (Å²) in [6.45, 7) is 1.99. The fraction of sp³-hybridized carbons (Fsp3) is 0.391. The number of carbonyl (C=O) groups is 2. The molecule has 8 nitrogen and oxygen atoms in total. The van der Waals surface area contributed by atoms with Crippen LogP contribution in [-0.4, -0.2) is 26.3 Å². The highest BCUT2D eigenvalue weighted by molar-refractivity contribution is 5.95. The number of hydrogen-bond acceptors (Lipinski definition) is 4. The highest BCUT2D eigenvalue weighted by Crippen LogP contribution is 2.38. The second-order valence-electron chi connectivity index (χ2n) is 8.66. The van der Waals surface area contributed by atoms with E-state index in [1.54, 1.807) is 6.20 Å². The van der Waals surface area contributed by atoms with E-state index in [9.17, 15) is 14.4 Å². The molecule has 0 spiro atoms. The lowest BCUT2D eigenvalue weighted by atomic mass is 9.89. The van der Waals surface area contributed by atoms with Crippen LogP contribution in [0.4, 0.5) is 5.69 Å². The van der Waals surface area contributed by atoms with E-state index in [0.717, 1.165) is 28.6 Å². The normalized spacial score (nSPS) is 18.0. The number of fused-ring (bicyclic) bond motifs is 2. The second kappa shape index (κ2) is 7.68. The van der Waals surface area contributed by atoms with E-state index in [2.05, 4.69) is 20.6 Å². The van der Waals surface area contributed by atoms with Gasteiger partial charge in [-0.15, -0.1) is 0 Å². The lowest BCUT2D eigenvalue weighted by Gasteiger charge is -2.25. The molecular weight excluding hydrogens is 394 g/mol. The molecular formula is C23H25N5O3. The van der Waals surface area contributed by atoms with Gasteiger partial charge in [0, 0.05) is 23.2 Å². The van der Waals surface area contributed by atoms with Crippen LogP contribution < -0.4 is 16.2 Å². The Labute approximate surface area is 179 Å². The first-order chi connectivity index (χ1) is 15.0. The minimum Gasteiger partial charge on any atom is -0.360 e. The molecule has 4 heterocycles. The molecule has 3 N–H and O–H groups in total. The summed E-state index contributed by atoms with van der Waals surface area (Å²) in [6.07, 6.45) is 7.44. The van der Waals surface area contributed by atoms with E-state index in [1.165, 1.54) is 17.4 Å². The van der Waals surface area contributed by atoms with Crippen molar-refractivity contribution in [3.8, 4) is 0 Å². The number of pyridine rings is 2. The molecule has 0 saturated heterocycles. The molecule has 160 valence electrons. The molecule has 1 aliphatic carbocycles. The molecule has 0 unspecified atom stereocenters. The largest absolute Gasteiger partial charge is 0.360 e. The van der Waals surface area contributed by atoms with Gasteiger partial charge in [-0.1, -0.05) is 12.8 Å². The lowest BCUT2D eigenvalue weighted by molar-refractivity contribution is -0.122. The molecule has 2 amide bonds. The van der Waals surface area contributed by atoms with Crippen LogP contribution in [0.2, 0.25) is 0 Å². The van der Waals surface area contributed by atoms with Gasteiger partial charge in [-0.25, -0.2) is 0 Å². The van der Waals surface area contributed by atoms with Crippen LogP contribution in [0.1, 0.15) is 36.2 Å². The number of aromatic nitrogens is 3. The number of hydrogen-bond donors (Lipinski definition) is 3. The molecule has 2 aliphatic rings. The van der Waals surface area contributed by atoms with Crippen molar-refractivity contribution in [1.82, 2.24) is 19.9 Å². The standard InChI is InChI=1S/C23H25N5O3/c1-13-6-16-8-17(7-14-2-3-14)22(30)27-21(16)23(31)28(13)12-20(29)26-10-18-9-15-4-5-24-19(15)11-25-18/h4-6,9,11,14,17,24H,2-3,7-8,10,12H2,1H3,(H,26,29)(H,27,30)/t17-/m0/s1. The summed E-state index contributed by atoms with van der Waals surface area (Å²) in [5.74, 6) is 0.218. The number of aromatic amines is 1. The topological polar surface area (TPSA) is 109 Å². The third kappa shape index (κ3) is 3.97. The maximum absolute atomic E-state index is 13.0. The van der Waals surface area contributed by atoms with E-state index in [-0.39, 0.29) is 36.4 Å². The zero-order valence-electron chi connectivity index (χ0n) is 17.4. The zero-order valence-corrected chi connectivity index (χ0v) is 17.4. The molecule has 0 bridgehead atoms. The first-order valence-electron chi connectivity index (χ1n) is 10.7. The van der Waals surface area contributed by atoms with E-state index in [0.29, 0.717) is 23.7 Å². The van der Waals surface area contributed by atoms with Crippen molar-refractivity contribution in [1.29, 1.82) is 0 Å². The van der Waals surface area contributed by atoms with Crippen LogP contribution in [0, 0.1) is 18.8 Å². The van der Waals surface area contributed by atoms with Crippen molar-refractivity contribution < 1.29 is 9.59 Å². The second-order valence-corrected chi connectivity index (χ2v) is 8.66. The molecule has 5 rings (SSSR count). The third-order valence-electron chi connectivity index (χ3n) is 6.25. The van der Waals surface area contributed by atoms with Crippen LogP contribution in [0.15, 0.2) is 35.4 Å². The van der Waals surface area contributed by atoms with Crippen molar-refractivity contribution in [2.75, 3.05) is 5.32 Å². The summed E-state index contributed by atoms with van der Waals surface area (Å²) in [5.41, 5.74) is 3.25. The highest BCUT2D eigenvalue weighted by Gasteiger charge is 2.34. The highest BCUT2D eigenvalue weighted by atomic mass is 16.2. The van der Waals surface area contributed by atoms with Gasteiger partial charge in [0.2, 0.25) is 11.8 Å². The summed E-state index contributed by atoms with van der Waals surface area (Å²) < 4.78 is 1.42. The fourth-order valence-corrected chi connectivity index (χ4v) is 4.34. The van der Waals surface area contributed by atoms with Crippen molar-refractivity contribution in [3.63, 3.8) is 0 Å². The Balaban J connectivity index is 1.28. The SMILES string of the molecule is Cc1cc2c(c(=O)n1CC(=O)NCc1cc3cc[nH]c3cn1)NC(=O)[C@@H](CC1CC1)C2. The molecule has 0 aromatic carbocycles. The van der Waals surface area contributed by atoms with E-state index < -0.39 is 0 Å². The predicted octanol–water partition coefficient (Wildman–Crippen LogP) is 2.26. The van der Waals surface area contributed by atoms with E-state index in [1.807, 2.05) is 31.3 Å². The number of aryl methyl sites for hydroxylation is 1. The molecule has 1 saturated carbocycles. The lowest BCUT2D eigenvalue weighted by Crippen LogP contribution is -2.39. The minimum absolute atomic E-state index is 0.0668.